The molecule has 0 saturated heterocycles. The third-order valence-corrected chi connectivity index (χ3v) is 1.51. The van der Waals surface area contributed by atoms with E-state index in [0.717, 1.165) is 11.8 Å². The van der Waals surface area contributed by atoms with Gasteiger partial charge in [-0.15, -0.1) is 0 Å². The fourth-order valence-electron chi connectivity index (χ4n) is 1.48. The van der Waals surface area contributed by atoms with Gasteiger partial charge < -0.3 is 4.90 Å². The van der Waals surface area contributed by atoms with Gasteiger partial charge in [0.05, 0.1) is 20.1 Å². The van der Waals surface area contributed by atoms with E-state index in [1.54, 1.807) is 4.90 Å². The number of hydrogen-bond acceptors (Lipinski definition) is 0. The summed E-state index contributed by atoms with van der Waals surface area (Å²) in [4.78, 5) is 1.66. The Morgan fingerprint density at radius 3 is 1.40 bits per heavy atom. The molecule has 1 N–H and O–H groups in total. The van der Waals surface area contributed by atoms with Gasteiger partial charge in [-0.2, -0.15) is 0 Å². The molecule has 0 fully saturated rings. The lowest BCUT2D eigenvalue weighted by Gasteiger charge is -2.17. The summed E-state index contributed by atoms with van der Waals surface area (Å²) in [5.41, 5.74) is 0. The van der Waals surface area contributed by atoms with Crippen LogP contribution in [-0.4, -0.2) is 20.1 Å². The van der Waals surface area contributed by atoms with Crippen molar-refractivity contribution in [2.24, 2.45) is 11.8 Å². The molecule has 0 aromatic heterocycles. The van der Waals surface area contributed by atoms with Gasteiger partial charge in [0.2, 0.25) is 0 Å². The van der Waals surface area contributed by atoms with Crippen LogP contribution in [0.4, 0.5) is 0 Å². The molecule has 0 radical (unpaired) electrons. The monoisotopic (exact) mass is 144 g/mol. The second-order valence-corrected chi connectivity index (χ2v) is 4.15. The van der Waals surface area contributed by atoms with Gasteiger partial charge in [0.25, 0.3) is 0 Å². The highest BCUT2D eigenvalue weighted by Gasteiger charge is 2.06. The molecule has 0 rings (SSSR count). The molecule has 0 bridgehead atoms. The molecule has 0 aromatic carbocycles. The predicted molar refractivity (Wildman–Crippen MR) is 46.3 cm³/mol. The SMILES string of the molecule is CC(C)C[NH+](C)CC(C)C. The van der Waals surface area contributed by atoms with Crippen LogP contribution in [0.1, 0.15) is 27.7 Å². The van der Waals surface area contributed by atoms with E-state index < -0.39 is 0 Å². The first-order chi connectivity index (χ1) is 4.52. The van der Waals surface area contributed by atoms with Gasteiger partial charge in [0, 0.05) is 11.8 Å². The Hall–Kier alpha value is -0.0400. The van der Waals surface area contributed by atoms with E-state index >= 15 is 0 Å². The van der Waals surface area contributed by atoms with Crippen molar-refractivity contribution < 1.29 is 4.90 Å². The van der Waals surface area contributed by atoms with Crippen molar-refractivity contribution in [1.29, 1.82) is 0 Å². The van der Waals surface area contributed by atoms with Gasteiger partial charge in [-0.05, 0) is 0 Å². The Bertz CT molecular complexity index is 66.8. The Labute approximate surface area is 65.4 Å². The lowest BCUT2D eigenvalue weighted by Crippen LogP contribution is -3.10. The zero-order valence-electron chi connectivity index (χ0n) is 8.07. The Morgan fingerprint density at radius 2 is 1.20 bits per heavy atom. The van der Waals surface area contributed by atoms with Gasteiger partial charge in [-0.25, -0.2) is 0 Å². The molecular formula is C9H22N+. The van der Waals surface area contributed by atoms with Crippen LogP contribution in [-0.2, 0) is 0 Å². The molecule has 10 heavy (non-hydrogen) atoms. The van der Waals surface area contributed by atoms with E-state index in [0.29, 0.717) is 0 Å². The molecule has 0 aliphatic rings. The molecule has 62 valence electrons. The van der Waals surface area contributed by atoms with Crippen LogP contribution in [0.5, 0.6) is 0 Å². The number of quaternary nitrogens is 1. The fraction of sp³-hybridized carbons (Fsp3) is 1.00. The first-order valence-electron chi connectivity index (χ1n) is 4.33. The molecular weight excluding hydrogens is 122 g/mol. The zero-order valence-corrected chi connectivity index (χ0v) is 8.07. The smallest absolute Gasteiger partial charge is 0.0792 e. The zero-order chi connectivity index (χ0) is 8.15. The van der Waals surface area contributed by atoms with Crippen molar-refractivity contribution >= 4 is 0 Å². The van der Waals surface area contributed by atoms with Crippen LogP contribution >= 0.6 is 0 Å². The fourth-order valence-corrected chi connectivity index (χ4v) is 1.48. The van der Waals surface area contributed by atoms with Crippen molar-refractivity contribution in [2.75, 3.05) is 20.1 Å². The van der Waals surface area contributed by atoms with Gasteiger partial charge in [0.1, 0.15) is 0 Å². The van der Waals surface area contributed by atoms with Gasteiger partial charge >= 0.3 is 0 Å². The highest BCUT2D eigenvalue weighted by atomic mass is 15.1. The van der Waals surface area contributed by atoms with E-state index in [-0.39, 0.29) is 0 Å². The first kappa shape index (κ1) is 9.96. The van der Waals surface area contributed by atoms with Crippen LogP contribution in [0.2, 0.25) is 0 Å². The maximum absolute atomic E-state index is 2.28. The highest BCUT2D eigenvalue weighted by Crippen LogP contribution is 1.86. The van der Waals surface area contributed by atoms with E-state index in [1.807, 2.05) is 0 Å². The predicted octanol–water partition coefficient (Wildman–Crippen LogP) is 0.813. The van der Waals surface area contributed by atoms with Crippen molar-refractivity contribution in [3.8, 4) is 0 Å². The second-order valence-electron chi connectivity index (χ2n) is 4.15. The van der Waals surface area contributed by atoms with Gasteiger partial charge in [-0.3, -0.25) is 0 Å². The summed E-state index contributed by atoms with van der Waals surface area (Å²) in [7, 11) is 2.28. The van der Waals surface area contributed by atoms with Crippen LogP contribution < -0.4 is 4.90 Å². The van der Waals surface area contributed by atoms with E-state index in [1.165, 1.54) is 13.1 Å². The Kier molecular flexibility index (Phi) is 4.71. The first-order valence-corrected chi connectivity index (χ1v) is 4.33. The van der Waals surface area contributed by atoms with Crippen molar-refractivity contribution in [3.05, 3.63) is 0 Å². The molecule has 0 aromatic rings. The van der Waals surface area contributed by atoms with E-state index in [9.17, 15) is 0 Å². The third kappa shape index (κ3) is 6.09. The van der Waals surface area contributed by atoms with Gasteiger partial charge in [-0.1, -0.05) is 27.7 Å². The maximum atomic E-state index is 2.28. The normalized spacial score (nSPS) is 12.0. The largest absolute Gasteiger partial charge is 0.337 e. The molecule has 0 aliphatic carbocycles. The maximum Gasteiger partial charge on any atom is 0.0792 e. The summed E-state index contributed by atoms with van der Waals surface area (Å²) in [6.07, 6.45) is 0. The minimum atomic E-state index is 0.832. The van der Waals surface area contributed by atoms with Crippen molar-refractivity contribution in [3.63, 3.8) is 0 Å². The molecule has 0 unspecified atom stereocenters. The molecule has 0 aliphatic heterocycles. The molecule has 0 atom stereocenters. The lowest BCUT2D eigenvalue weighted by atomic mass is 10.1. The van der Waals surface area contributed by atoms with E-state index in [4.69, 9.17) is 0 Å². The van der Waals surface area contributed by atoms with Crippen LogP contribution in [0.3, 0.4) is 0 Å². The summed E-state index contributed by atoms with van der Waals surface area (Å²) in [5.74, 6) is 1.66. The Morgan fingerprint density at radius 1 is 0.900 bits per heavy atom. The summed E-state index contributed by atoms with van der Waals surface area (Å²) in [5, 5.41) is 0. The average molecular weight is 144 g/mol. The summed E-state index contributed by atoms with van der Waals surface area (Å²) < 4.78 is 0. The molecule has 1 heteroatoms. The van der Waals surface area contributed by atoms with Gasteiger partial charge in [0.15, 0.2) is 0 Å². The number of rotatable bonds is 4. The van der Waals surface area contributed by atoms with Crippen LogP contribution in [0.15, 0.2) is 0 Å². The Balaban J connectivity index is 3.34. The minimum Gasteiger partial charge on any atom is -0.337 e. The molecule has 0 heterocycles. The number of nitrogens with one attached hydrogen (secondary N) is 1. The summed E-state index contributed by atoms with van der Waals surface area (Å²) in [6.45, 7) is 11.7. The van der Waals surface area contributed by atoms with Crippen LogP contribution in [0, 0.1) is 11.8 Å². The van der Waals surface area contributed by atoms with Crippen LogP contribution in [0.25, 0.3) is 0 Å². The standard InChI is InChI=1S/C9H21N/c1-8(2)6-10(5)7-9(3)4/h8-9H,6-7H2,1-5H3/p+1. The van der Waals surface area contributed by atoms with Crippen molar-refractivity contribution in [1.82, 2.24) is 0 Å². The van der Waals surface area contributed by atoms with Crippen molar-refractivity contribution in [2.45, 2.75) is 27.7 Å². The molecule has 0 saturated carbocycles. The third-order valence-electron chi connectivity index (χ3n) is 1.51. The average Bonchev–Trinajstić information content (AvgIpc) is 1.58. The minimum absolute atomic E-state index is 0.832. The molecule has 1 nitrogen and oxygen atoms in total. The highest BCUT2D eigenvalue weighted by molar-refractivity contribution is 4.40. The summed E-state index contributed by atoms with van der Waals surface area (Å²) >= 11 is 0. The molecule has 0 amide bonds. The quantitative estimate of drug-likeness (QED) is 0.595. The topological polar surface area (TPSA) is 4.44 Å². The van der Waals surface area contributed by atoms with E-state index in [2.05, 4.69) is 34.7 Å². The lowest BCUT2D eigenvalue weighted by molar-refractivity contribution is -0.885. The second kappa shape index (κ2) is 4.73. The number of hydrogen-bond donors (Lipinski definition) is 1. The summed E-state index contributed by atoms with van der Waals surface area (Å²) in [6, 6.07) is 0. The molecule has 0 spiro atoms.